The van der Waals surface area contributed by atoms with Crippen LogP contribution in [0.25, 0.3) is 0 Å². The summed E-state index contributed by atoms with van der Waals surface area (Å²) in [4.78, 5) is 0. The van der Waals surface area contributed by atoms with Gasteiger partial charge in [-0.3, -0.25) is 0 Å². The molecule has 64 valence electrons. The molecule has 0 aromatic carbocycles. The molecule has 0 amide bonds. The van der Waals surface area contributed by atoms with E-state index in [0.717, 1.165) is 0 Å². The van der Waals surface area contributed by atoms with Gasteiger partial charge in [0.1, 0.15) is 0 Å². The highest BCUT2D eigenvalue weighted by Crippen LogP contribution is 2.03. The number of hydrogen-bond acceptors (Lipinski definition) is 1. The first-order valence-corrected chi connectivity index (χ1v) is 7.53. The van der Waals surface area contributed by atoms with Crippen LogP contribution < -0.4 is 0 Å². The summed E-state index contributed by atoms with van der Waals surface area (Å²) in [5.41, 5.74) is 2.15. The van der Waals surface area contributed by atoms with Gasteiger partial charge in [0.15, 0.2) is 0 Å². The van der Waals surface area contributed by atoms with Crippen LogP contribution in [-0.4, -0.2) is 19.3 Å². The van der Waals surface area contributed by atoms with Crippen molar-refractivity contribution in [2.45, 2.75) is 32.7 Å². The molecule has 0 heterocycles. The molecule has 1 atom stereocenters. The molecule has 0 bridgehead atoms. The third-order valence-electron chi connectivity index (χ3n) is 1.18. The SMILES string of the molecule is C/C=C\C(O)/C=C/[Si](C)(C)C. The van der Waals surface area contributed by atoms with Crippen LogP contribution in [0.1, 0.15) is 6.92 Å². The molecule has 0 fully saturated rings. The van der Waals surface area contributed by atoms with E-state index < -0.39 is 14.2 Å². The van der Waals surface area contributed by atoms with Crippen molar-refractivity contribution in [2.75, 3.05) is 0 Å². The number of rotatable bonds is 3. The van der Waals surface area contributed by atoms with Gasteiger partial charge >= 0.3 is 0 Å². The summed E-state index contributed by atoms with van der Waals surface area (Å²) in [7, 11) is -1.12. The lowest BCUT2D eigenvalue weighted by molar-refractivity contribution is 0.271. The monoisotopic (exact) mass is 170 g/mol. The summed E-state index contributed by atoms with van der Waals surface area (Å²) in [5, 5.41) is 9.26. The lowest BCUT2D eigenvalue weighted by Gasteiger charge is -2.08. The fraction of sp³-hybridized carbons (Fsp3) is 0.556. The Hall–Kier alpha value is -0.343. The Kier molecular flexibility index (Phi) is 4.38. The van der Waals surface area contributed by atoms with Crippen molar-refractivity contribution >= 4 is 8.07 Å². The van der Waals surface area contributed by atoms with E-state index in [1.165, 1.54) is 0 Å². The second-order valence-electron chi connectivity index (χ2n) is 3.74. The Morgan fingerprint density at radius 3 is 2.09 bits per heavy atom. The maximum atomic E-state index is 9.26. The molecule has 11 heavy (non-hydrogen) atoms. The molecule has 0 rings (SSSR count). The molecule has 0 aliphatic rings. The zero-order chi connectivity index (χ0) is 8.91. The van der Waals surface area contributed by atoms with Crippen molar-refractivity contribution in [2.24, 2.45) is 0 Å². The summed E-state index contributed by atoms with van der Waals surface area (Å²) in [5.74, 6) is 0. The van der Waals surface area contributed by atoms with Gasteiger partial charge < -0.3 is 5.11 Å². The third-order valence-corrected chi connectivity index (χ3v) is 2.38. The van der Waals surface area contributed by atoms with Gasteiger partial charge in [0.2, 0.25) is 0 Å². The second-order valence-corrected chi connectivity index (χ2v) is 8.81. The quantitative estimate of drug-likeness (QED) is 0.509. The predicted molar refractivity (Wildman–Crippen MR) is 53.3 cm³/mol. The first kappa shape index (κ1) is 10.7. The summed E-state index contributed by atoms with van der Waals surface area (Å²) < 4.78 is 0. The van der Waals surface area contributed by atoms with E-state index in [0.29, 0.717) is 0 Å². The number of aliphatic hydroxyl groups excluding tert-OH is 1. The standard InChI is InChI=1S/C9H18OSi/c1-5-6-9(10)7-8-11(2,3)4/h5-10H,1-4H3/b6-5-,8-7+. The van der Waals surface area contributed by atoms with Crippen LogP contribution in [0.2, 0.25) is 19.6 Å². The zero-order valence-electron chi connectivity index (χ0n) is 7.83. The lowest BCUT2D eigenvalue weighted by atomic mass is 10.3. The maximum Gasteiger partial charge on any atom is 0.0898 e. The highest BCUT2D eigenvalue weighted by molar-refractivity contribution is 6.80. The topological polar surface area (TPSA) is 20.2 Å². The fourth-order valence-corrected chi connectivity index (χ4v) is 1.42. The molecule has 2 heteroatoms. The number of aliphatic hydroxyl groups is 1. The Morgan fingerprint density at radius 2 is 1.73 bits per heavy atom. The zero-order valence-corrected chi connectivity index (χ0v) is 8.83. The van der Waals surface area contributed by atoms with Crippen molar-refractivity contribution in [3.05, 3.63) is 23.9 Å². The molecule has 0 radical (unpaired) electrons. The first-order valence-electron chi connectivity index (χ1n) is 3.96. The van der Waals surface area contributed by atoms with E-state index in [2.05, 4.69) is 25.3 Å². The Morgan fingerprint density at radius 1 is 1.18 bits per heavy atom. The van der Waals surface area contributed by atoms with Crippen molar-refractivity contribution in [3.8, 4) is 0 Å². The summed E-state index contributed by atoms with van der Waals surface area (Å²) >= 11 is 0. The van der Waals surface area contributed by atoms with Gasteiger partial charge in [-0.2, -0.15) is 0 Å². The summed E-state index contributed by atoms with van der Waals surface area (Å²) in [6.45, 7) is 8.63. The van der Waals surface area contributed by atoms with Gasteiger partial charge in [0.25, 0.3) is 0 Å². The molecule has 1 N–H and O–H groups in total. The van der Waals surface area contributed by atoms with Crippen molar-refractivity contribution in [3.63, 3.8) is 0 Å². The van der Waals surface area contributed by atoms with E-state index >= 15 is 0 Å². The largest absolute Gasteiger partial charge is 0.385 e. The van der Waals surface area contributed by atoms with Gasteiger partial charge in [0, 0.05) is 0 Å². The van der Waals surface area contributed by atoms with Crippen LogP contribution in [-0.2, 0) is 0 Å². The van der Waals surface area contributed by atoms with Crippen LogP contribution in [0.4, 0.5) is 0 Å². The second kappa shape index (κ2) is 4.52. The highest BCUT2D eigenvalue weighted by Gasteiger charge is 2.07. The minimum atomic E-state index is -1.12. The van der Waals surface area contributed by atoms with Crippen LogP contribution in [0.15, 0.2) is 23.9 Å². The van der Waals surface area contributed by atoms with Crippen LogP contribution in [0.5, 0.6) is 0 Å². The van der Waals surface area contributed by atoms with Crippen molar-refractivity contribution < 1.29 is 5.11 Å². The molecule has 1 nitrogen and oxygen atoms in total. The Balaban J connectivity index is 3.93. The molecular formula is C9H18OSi. The molecule has 1 unspecified atom stereocenters. The maximum absolute atomic E-state index is 9.26. The fourth-order valence-electron chi connectivity index (χ4n) is 0.649. The van der Waals surface area contributed by atoms with Gasteiger partial charge in [-0.25, -0.2) is 0 Å². The van der Waals surface area contributed by atoms with E-state index in [-0.39, 0.29) is 0 Å². The number of hydrogen-bond donors (Lipinski definition) is 1. The predicted octanol–water partition coefficient (Wildman–Crippen LogP) is 2.36. The van der Waals surface area contributed by atoms with Gasteiger partial charge in [0.05, 0.1) is 14.2 Å². The minimum Gasteiger partial charge on any atom is -0.385 e. The molecular weight excluding hydrogens is 152 g/mol. The lowest BCUT2D eigenvalue weighted by Crippen LogP contribution is -2.16. The van der Waals surface area contributed by atoms with Crippen molar-refractivity contribution in [1.29, 1.82) is 0 Å². The summed E-state index contributed by atoms with van der Waals surface area (Å²) in [6, 6.07) is 0. The molecule has 0 aliphatic heterocycles. The van der Waals surface area contributed by atoms with Crippen LogP contribution in [0.3, 0.4) is 0 Å². The van der Waals surface area contributed by atoms with Gasteiger partial charge in [-0.15, -0.1) is 0 Å². The van der Waals surface area contributed by atoms with E-state index in [9.17, 15) is 5.11 Å². The third kappa shape index (κ3) is 7.55. The number of allylic oxidation sites excluding steroid dienone is 1. The van der Waals surface area contributed by atoms with Crippen LogP contribution in [0, 0.1) is 0 Å². The molecule has 0 aromatic heterocycles. The average Bonchev–Trinajstić information content (AvgIpc) is 1.83. The smallest absolute Gasteiger partial charge is 0.0898 e. The van der Waals surface area contributed by atoms with E-state index in [1.807, 2.05) is 19.1 Å². The minimum absolute atomic E-state index is 0.397. The first-order chi connectivity index (χ1) is 4.95. The molecule has 0 aromatic rings. The molecule has 0 saturated carbocycles. The van der Waals surface area contributed by atoms with Crippen molar-refractivity contribution in [1.82, 2.24) is 0 Å². The van der Waals surface area contributed by atoms with E-state index in [1.54, 1.807) is 6.08 Å². The molecule has 0 spiro atoms. The Labute approximate surface area is 70.5 Å². The molecule has 0 aliphatic carbocycles. The van der Waals surface area contributed by atoms with Gasteiger partial charge in [-0.1, -0.05) is 43.6 Å². The summed E-state index contributed by atoms with van der Waals surface area (Å²) in [6.07, 6.45) is 5.11. The van der Waals surface area contributed by atoms with E-state index in [4.69, 9.17) is 0 Å². The van der Waals surface area contributed by atoms with Crippen LogP contribution >= 0.6 is 0 Å². The normalized spacial score (nSPS) is 16.5. The average molecular weight is 170 g/mol. The molecule has 0 saturated heterocycles. The Bertz CT molecular complexity index is 153. The van der Waals surface area contributed by atoms with Gasteiger partial charge in [-0.05, 0) is 6.92 Å². The highest BCUT2D eigenvalue weighted by atomic mass is 28.3.